The molecule has 2 nitrogen and oxygen atoms in total. The van der Waals surface area contributed by atoms with Gasteiger partial charge in [-0.1, -0.05) is 30.3 Å². The van der Waals surface area contributed by atoms with E-state index in [0.717, 1.165) is 56.9 Å². The van der Waals surface area contributed by atoms with Gasteiger partial charge in [0.05, 0.1) is 19.3 Å². The van der Waals surface area contributed by atoms with Crippen molar-refractivity contribution in [3.8, 4) is 0 Å². The summed E-state index contributed by atoms with van der Waals surface area (Å²) in [4.78, 5) is 0. The molecule has 0 radical (unpaired) electrons. The molecule has 2 aromatic rings. The van der Waals surface area contributed by atoms with Gasteiger partial charge in [0.1, 0.15) is 11.9 Å². The third-order valence-electron chi connectivity index (χ3n) is 8.03. The molecule has 2 saturated carbocycles. The predicted octanol–water partition coefficient (Wildman–Crippen LogP) is 7.88. The Labute approximate surface area is 200 Å². The summed E-state index contributed by atoms with van der Waals surface area (Å²) in [5.41, 5.74) is 2.44. The molecule has 34 heavy (non-hydrogen) atoms. The second-order valence-corrected chi connectivity index (χ2v) is 10.2. The monoisotopic (exact) mass is 470 g/mol. The van der Waals surface area contributed by atoms with Gasteiger partial charge in [-0.25, -0.2) is 13.2 Å². The predicted molar refractivity (Wildman–Crippen MR) is 126 cm³/mol. The molecule has 1 unspecified atom stereocenters. The maximum Gasteiger partial charge on any atom is 0.162 e. The molecule has 182 valence electrons. The largest absolute Gasteiger partial charge is 0.374 e. The van der Waals surface area contributed by atoms with Gasteiger partial charge in [0, 0.05) is 5.56 Å². The Bertz CT molecular complexity index is 1020. The van der Waals surface area contributed by atoms with E-state index in [4.69, 9.17) is 9.47 Å². The second-order valence-electron chi connectivity index (χ2n) is 10.2. The fourth-order valence-corrected chi connectivity index (χ4v) is 5.78. The van der Waals surface area contributed by atoms with Crippen molar-refractivity contribution in [2.24, 2.45) is 5.92 Å². The molecule has 1 saturated heterocycles. The van der Waals surface area contributed by atoms with Crippen LogP contribution in [-0.2, 0) is 16.1 Å². The van der Waals surface area contributed by atoms with Gasteiger partial charge in [-0.05, 0) is 91.9 Å². The van der Waals surface area contributed by atoms with Crippen LogP contribution >= 0.6 is 0 Å². The van der Waals surface area contributed by atoms with Crippen LogP contribution in [0.4, 0.5) is 13.2 Å². The Morgan fingerprint density at radius 2 is 1.38 bits per heavy atom. The topological polar surface area (TPSA) is 21.8 Å². The number of benzene rings is 2. The zero-order valence-electron chi connectivity index (χ0n) is 19.6. The number of epoxide rings is 1. The number of rotatable bonds is 7. The highest BCUT2D eigenvalue weighted by molar-refractivity contribution is 5.32. The van der Waals surface area contributed by atoms with E-state index in [-0.39, 0.29) is 29.9 Å². The van der Waals surface area contributed by atoms with Crippen molar-refractivity contribution in [3.63, 3.8) is 0 Å². The molecule has 1 aliphatic heterocycles. The average Bonchev–Trinajstić information content (AvgIpc) is 3.70. The van der Waals surface area contributed by atoms with Gasteiger partial charge in [-0.2, -0.15) is 0 Å². The summed E-state index contributed by atoms with van der Waals surface area (Å²) in [6, 6.07) is 8.81. The number of hydrogen-bond donors (Lipinski definition) is 0. The Kier molecular flexibility index (Phi) is 7.12. The molecule has 1 heterocycles. The number of hydrogen-bond acceptors (Lipinski definition) is 2. The lowest BCUT2D eigenvalue weighted by Gasteiger charge is -2.30. The second kappa shape index (κ2) is 10.2. The van der Waals surface area contributed by atoms with Crippen LogP contribution in [0.15, 0.2) is 43.0 Å². The Morgan fingerprint density at radius 1 is 0.824 bits per heavy atom. The summed E-state index contributed by atoms with van der Waals surface area (Å²) in [5.74, 6) is -0.962. The normalized spacial score (nSPS) is 29.1. The van der Waals surface area contributed by atoms with E-state index in [2.05, 4.69) is 6.58 Å². The minimum Gasteiger partial charge on any atom is -0.374 e. The van der Waals surface area contributed by atoms with Crippen molar-refractivity contribution in [2.45, 2.75) is 82.0 Å². The van der Waals surface area contributed by atoms with Crippen molar-refractivity contribution < 1.29 is 22.6 Å². The molecule has 3 fully saturated rings. The highest BCUT2D eigenvalue weighted by atomic mass is 19.2. The Balaban J connectivity index is 1.15. The molecule has 0 N–H and O–H groups in total. The van der Waals surface area contributed by atoms with Gasteiger partial charge in [-0.15, -0.1) is 6.58 Å². The lowest BCUT2D eigenvalue weighted by Crippen LogP contribution is -2.22. The number of halogens is 3. The van der Waals surface area contributed by atoms with Crippen molar-refractivity contribution in [1.82, 2.24) is 0 Å². The van der Waals surface area contributed by atoms with Crippen LogP contribution in [0.3, 0.4) is 0 Å². The van der Waals surface area contributed by atoms with Crippen LogP contribution in [-0.4, -0.2) is 12.7 Å². The van der Waals surface area contributed by atoms with E-state index in [1.807, 2.05) is 24.3 Å². The summed E-state index contributed by atoms with van der Waals surface area (Å²) in [6.45, 7) is 4.80. The molecule has 0 bridgehead atoms. The average molecular weight is 471 g/mol. The summed E-state index contributed by atoms with van der Waals surface area (Å²) in [5, 5.41) is 0. The minimum absolute atomic E-state index is 0.00942. The SMILES string of the molecule is C=CC1CCC(c2ccc(C3CCC(OCc4ccc(C5CO5)c(F)c4)CC3)c(F)c2F)CC1. The van der Waals surface area contributed by atoms with Gasteiger partial charge < -0.3 is 9.47 Å². The van der Waals surface area contributed by atoms with Gasteiger partial charge >= 0.3 is 0 Å². The van der Waals surface area contributed by atoms with Crippen molar-refractivity contribution in [1.29, 1.82) is 0 Å². The zero-order chi connectivity index (χ0) is 23.7. The van der Waals surface area contributed by atoms with Gasteiger partial charge in [0.15, 0.2) is 11.6 Å². The van der Waals surface area contributed by atoms with Crippen LogP contribution in [0, 0.1) is 23.4 Å². The summed E-state index contributed by atoms with van der Waals surface area (Å²) >= 11 is 0. The van der Waals surface area contributed by atoms with Gasteiger partial charge in [-0.3, -0.25) is 0 Å². The molecule has 5 rings (SSSR count). The van der Waals surface area contributed by atoms with Gasteiger partial charge in [0.25, 0.3) is 0 Å². The molecule has 2 aromatic carbocycles. The van der Waals surface area contributed by atoms with Crippen molar-refractivity contribution in [3.05, 3.63) is 82.7 Å². The van der Waals surface area contributed by atoms with Crippen LogP contribution in [0.5, 0.6) is 0 Å². The van der Waals surface area contributed by atoms with E-state index in [0.29, 0.717) is 35.8 Å². The van der Waals surface area contributed by atoms with Crippen molar-refractivity contribution in [2.75, 3.05) is 6.61 Å². The van der Waals surface area contributed by atoms with Crippen LogP contribution in [0.25, 0.3) is 0 Å². The van der Waals surface area contributed by atoms with Crippen LogP contribution < -0.4 is 0 Å². The minimum atomic E-state index is -0.664. The first-order valence-corrected chi connectivity index (χ1v) is 12.6. The lowest BCUT2D eigenvalue weighted by molar-refractivity contribution is 0.0130. The fourth-order valence-electron chi connectivity index (χ4n) is 5.78. The van der Waals surface area contributed by atoms with E-state index < -0.39 is 11.6 Å². The molecule has 0 aromatic heterocycles. The summed E-state index contributed by atoms with van der Waals surface area (Å²) < 4.78 is 55.5. The number of allylic oxidation sites excluding steroid dienone is 1. The quantitative estimate of drug-likeness (QED) is 0.303. The standard InChI is InChI=1S/C29H33F3O2/c1-2-18-3-6-20(7-4-18)23-13-14-24(29(32)28(23)31)21-8-10-22(11-9-21)33-16-19-5-12-25(26(30)15-19)27-17-34-27/h2,5,12-15,18,20-22,27H,1,3-4,6-11,16-17H2. The smallest absolute Gasteiger partial charge is 0.162 e. The molecule has 1 atom stereocenters. The van der Waals surface area contributed by atoms with E-state index >= 15 is 8.78 Å². The maximum absolute atomic E-state index is 15.1. The lowest BCUT2D eigenvalue weighted by atomic mass is 9.77. The first-order valence-electron chi connectivity index (χ1n) is 12.6. The number of ether oxygens (including phenoxy) is 2. The first-order chi connectivity index (χ1) is 16.5. The first kappa shape index (κ1) is 23.6. The molecule has 2 aliphatic carbocycles. The summed E-state index contributed by atoms with van der Waals surface area (Å²) in [7, 11) is 0. The van der Waals surface area contributed by atoms with Crippen LogP contribution in [0.1, 0.15) is 91.6 Å². The van der Waals surface area contributed by atoms with E-state index in [1.165, 1.54) is 6.07 Å². The molecule has 3 aliphatic rings. The Hall–Kier alpha value is -2.11. The van der Waals surface area contributed by atoms with Crippen molar-refractivity contribution >= 4 is 0 Å². The molecular formula is C29H33F3O2. The fraction of sp³-hybridized carbons (Fsp3) is 0.517. The van der Waals surface area contributed by atoms with E-state index in [1.54, 1.807) is 6.07 Å². The summed E-state index contributed by atoms with van der Waals surface area (Å²) in [6.07, 6.45) is 8.79. The van der Waals surface area contributed by atoms with Crippen LogP contribution in [0.2, 0.25) is 0 Å². The zero-order valence-corrected chi connectivity index (χ0v) is 19.6. The molecule has 0 spiro atoms. The maximum atomic E-state index is 15.1. The molecular weight excluding hydrogens is 437 g/mol. The highest BCUT2D eigenvalue weighted by Crippen LogP contribution is 2.41. The molecule has 5 heteroatoms. The third-order valence-corrected chi connectivity index (χ3v) is 8.03. The third kappa shape index (κ3) is 5.11. The molecule has 0 amide bonds. The van der Waals surface area contributed by atoms with Gasteiger partial charge in [0.2, 0.25) is 0 Å². The Morgan fingerprint density at radius 3 is 1.91 bits per heavy atom. The highest BCUT2D eigenvalue weighted by Gasteiger charge is 2.30. The van der Waals surface area contributed by atoms with E-state index in [9.17, 15) is 4.39 Å².